The lowest BCUT2D eigenvalue weighted by molar-refractivity contribution is -0.122. The van der Waals surface area contributed by atoms with Crippen molar-refractivity contribution < 1.29 is 9.59 Å². The zero-order chi connectivity index (χ0) is 14.5. The van der Waals surface area contributed by atoms with Gasteiger partial charge in [-0.15, -0.1) is 0 Å². The van der Waals surface area contributed by atoms with Gasteiger partial charge >= 0.3 is 0 Å². The molecule has 1 N–H and O–H groups in total. The van der Waals surface area contributed by atoms with Gasteiger partial charge in [0.15, 0.2) is 5.78 Å². The second kappa shape index (κ2) is 6.50. The van der Waals surface area contributed by atoms with Gasteiger partial charge in [0.25, 0.3) is 0 Å². The van der Waals surface area contributed by atoms with Crippen molar-refractivity contribution in [2.24, 2.45) is 11.3 Å². The van der Waals surface area contributed by atoms with Gasteiger partial charge in [0.05, 0.1) is 6.54 Å². The summed E-state index contributed by atoms with van der Waals surface area (Å²) in [6.07, 6.45) is 0.450. The first-order valence-corrected chi connectivity index (χ1v) is 6.65. The van der Waals surface area contributed by atoms with Gasteiger partial charge in [-0.05, 0) is 11.3 Å². The second-order valence-corrected chi connectivity index (χ2v) is 6.04. The van der Waals surface area contributed by atoms with E-state index in [-0.39, 0.29) is 29.6 Å². The van der Waals surface area contributed by atoms with Crippen molar-refractivity contribution in [1.82, 2.24) is 5.32 Å². The van der Waals surface area contributed by atoms with Crippen LogP contribution in [0.25, 0.3) is 0 Å². The minimum atomic E-state index is -0.0632. The molecule has 1 aromatic carbocycles. The zero-order valence-electron chi connectivity index (χ0n) is 12.2. The highest BCUT2D eigenvalue weighted by molar-refractivity contribution is 5.99. The van der Waals surface area contributed by atoms with Gasteiger partial charge in [0.1, 0.15) is 0 Å². The van der Waals surface area contributed by atoms with Crippen LogP contribution in [0.5, 0.6) is 0 Å². The molecule has 0 spiro atoms. The third-order valence-corrected chi connectivity index (χ3v) is 3.51. The Morgan fingerprint density at radius 3 is 2.26 bits per heavy atom. The van der Waals surface area contributed by atoms with Gasteiger partial charge < -0.3 is 5.32 Å². The molecule has 0 fully saturated rings. The van der Waals surface area contributed by atoms with E-state index >= 15 is 0 Å². The topological polar surface area (TPSA) is 46.2 Å². The number of rotatable bonds is 5. The highest BCUT2D eigenvalue weighted by Crippen LogP contribution is 2.27. The SMILES string of the molecule is CC(CC(=O)NCC(=O)c1ccccc1)C(C)(C)C. The smallest absolute Gasteiger partial charge is 0.220 e. The fourth-order valence-corrected chi connectivity index (χ4v) is 1.56. The number of hydrogen-bond acceptors (Lipinski definition) is 2. The van der Waals surface area contributed by atoms with E-state index in [9.17, 15) is 9.59 Å². The number of nitrogens with one attached hydrogen (secondary N) is 1. The van der Waals surface area contributed by atoms with E-state index < -0.39 is 0 Å². The largest absolute Gasteiger partial charge is 0.349 e. The Bertz CT molecular complexity index is 432. The molecule has 1 unspecified atom stereocenters. The molecule has 0 aromatic heterocycles. The van der Waals surface area contributed by atoms with E-state index in [1.54, 1.807) is 12.1 Å². The van der Waals surface area contributed by atoms with Crippen LogP contribution in [0.2, 0.25) is 0 Å². The van der Waals surface area contributed by atoms with Crippen LogP contribution in [0.4, 0.5) is 0 Å². The molecule has 0 saturated carbocycles. The quantitative estimate of drug-likeness (QED) is 0.828. The first-order valence-electron chi connectivity index (χ1n) is 6.65. The molecule has 0 saturated heterocycles. The Balaban J connectivity index is 2.41. The lowest BCUT2D eigenvalue weighted by atomic mass is 9.80. The van der Waals surface area contributed by atoms with E-state index in [4.69, 9.17) is 0 Å². The van der Waals surface area contributed by atoms with Crippen LogP contribution >= 0.6 is 0 Å². The minimum absolute atomic E-state index is 0.0580. The third kappa shape index (κ3) is 5.25. The number of carbonyl (C=O) groups excluding carboxylic acids is 2. The number of carbonyl (C=O) groups is 2. The molecular weight excluding hydrogens is 238 g/mol. The summed E-state index contributed by atoms with van der Waals surface area (Å²) in [5.41, 5.74) is 0.729. The van der Waals surface area contributed by atoms with E-state index in [0.717, 1.165) is 0 Å². The molecular formula is C16H23NO2. The van der Waals surface area contributed by atoms with Crippen LogP contribution in [0.1, 0.15) is 44.5 Å². The van der Waals surface area contributed by atoms with Gasteiger partial charge in [0.2, 0.25) is 5.91 Å². The fourth-order valence-electron chi connectivity index (χ4n) is 1.56. The molecule has 1 rings (SSSR count). The third-order valence-electron chi connectivity index (χ3n) is 3.51. The van der Waals surface area contributed by atoms with E-state index in [2.05, 4.69) is 33.0 Å². The highest BCUT2D eigenvalue weighted by Gasteiger charge is 2.22. The van der Waals surface area contributed by atoms with Crippen molar-refractivity contribution in [3.05, 3.63) is 35.9 Å². The maximum atomic E-state index is 11.8. The summed E-state index contributed by atoms with van der Waals surface area (Å²) in [6, 6.07) is 9.01. The summed E-state index contributed by atoms with van der Waals surface area (Å²) < 4.78 is 0. The van der Waals surface area contributed by atoms with Crippen molar-refractivity contribution in [3.63, 3.8) is 0 Å². The number of ketones is 1. The average Bonchev–Trinajstić information content (AvgIpc) is 2.35. The molecule has 0 bridgehead atoms. The summed E-state index contributed by atoms with van der Waals surface area (Å²) >= 11 is 0. The molecule has 1 amide bonds. The van der Waals surface area contributed by atoms with Gasteiger partial charge in [-0.3, -0.25) is 9.59 Å². The molecule has 0 aliphatic heterocycles. The van der Waals surface area contributed by atoms with Crippen molar-refractivity contribution in [3.8, 4) is 0 Å². The number of Topliss-reactive ketones (excluding diaryl/α,β-unsaturated/α-hetero) is 1. The van der Waals surface area contributed by atoms with Crippen LogP contribution in [-0.4, -0.2) is 18.2 Å². The Hall–Kier alpha value is -1.64. The summed E-state index contributed by atoms with van der Waals surface area (Å²) in [5, 5.41) is 2.70. The van der Waals surface area contributed by atoms with Gasteiger partial charge in [-0.25, -0.2) is 0 Å². The number of hydrogen-bond donors (Lipinski definition) is 1. The first kappa shape index (κ1) is 15.4. The first-order chi connectivity index (χ1) is 8.80. The lowest BCUT2D eigenvalue weighted by Crippen LogP contribution is -2.32. The Kier molecular flexibility index (Phi) is 5.28. The summed E-state index contributed by atoms with van der Waals surface area (Å²) in [5.74, 6) is 0.156. The van der Waals surface area contributed by atoms with Crippen LogP contribution in [0.15, 0.2) is 30.3 Å². The lowest BCUT2D eigenvalue weighted by Gasteiger charge is -2.26. The van der Waals surface area contributed by atoms with E-state index in [1.807, 2.05) is 18.2 Å². The minimum Gasteiger partial charge on any atom is -0.349 e. The molecule has 1 atom stereocenters. The molecule has 19 heavy (non-hydrogen) atoms. The van der Waals surface area contributed by atoms with Gasteiger partial charge in [-0.2, -0.15) is 0 Å². The van der Waals surface area contributed by atoms with Crippen LogP contribution < -0.4 is 5.32 Å². The maximum Gasteiger partial charge on any atom is 0.220 e. The standard InChI is InChI=1S/C16H23NO2/c1-12(16(2,3)4)10-15(19)17-11-14(18)13-8-6-5-7-9-13/h5-9,12H,10-11H2,1-4H3,(H,17,19). The van der Waals surface area contributed by atoms with Crippen molar-refractivity contribution >= 4 is 11.7 Å². The summed E-state index contributed by atoms with van der Waals surface area (Å²) in [6.45, 7) is 8.46. The molecule has 3 nitrogen and oxygen atoms in total. The van der Waals surface area contributed by atoms with Crippen LogP contribution in [0.3, 0.4) is 0 Å². The summed E-state index contributed by atoms with van der Waals surface area (Å²) in [4.78, 5) is 23.6. The van der Waals surface area contributed by atoms with Crippen molar-refractivity contribution in [2.75, 3.05) is 6.54 Å². The molecule has 0 aliphatic carbocycles. The van der Waals surface area contributed by atoms with Crippen molar-refractivity contribution in [1.29, 1.82) is 0 Å². The monoisotopic (exact) mass is 261 g/mol. The van der Waals surface area contributed by atoms with Crippen molar-refractivity contribution in [2.45, 2.75) is 34.1 Å². The van der Waals surface area contributed by atoms with Crippen LogP contribution in [0, 0.1) is 11.3 Å². The predicted octanol–water partition coefficient (Wildman–Crippen LogP) is 3.06. The molecule has 0 heterocycles. The maximum absolute atomic E-state index is 11.8. The Labute approximate surface area is 115 Å². The highest BCUT2D eigenvalue weighted by atomic mass is 16.2. The predicted molar refractivity (Wildman–Crippen MR) is 77.0 cm³/mol. The molecule has 0 radical (unpaired) electrons. The summed E-state index contributed by atoms with van der Waals surface area (Å²) in [7, 11) is 0. The number of amides is 1. The molecule has 0 aliphatic rings. The average molecular weight is 261 g/mol. The molecule has 1 aromatic rings. The van der Waals surface area contributed by atoms with Gasteiger partial charge in [0, 0.05) is 12.0 Å². The normalized spacial score (nSPS) is 12.8. The van der Waals surface area contributed by atoms with E-state index in [1.165, 1.54) is 0 Å². The molecule has 3 heteroatoms. The van der Waals surface area contributed by atoms with E-state index in [0.29, 0.717) is 12.0 Å². The van der Waals surface area contributed by atoms with Crippen LogP contribution in [-0.2, 0) is 4.79 Å². The zero-order valence-corrected chi connectivity index (χ0v) is 12.2. The fraction of sp³-hybridized carbons (Fsp3) is 0.500. The molecule has 104 valence electrons. The Morgan fingerprint density at radius 1 is 1.16 bits per heavy atom. The Morgan fingerprint density at radius 2 is 1.74 bits per heavy atom. The second-order valence-electron chi connectivity index (χ2n) is 6.04. The number of benzene rings is 1. The van der Waals surface area contributed by atoms with Gasteiger partial charge in [-0.1, -0.05) is 58.0 Å².